The van der Waals surface area contributed by atoms with Gasteiger partial charge in [0.15, 0.2) is 5.11 Å². The van der Waals surface area contributed by atoms with E-state index in [4.69, 9.17) is 17.0 Å². The lowest BCUT2D eigenvalue weighted by molar-refractivity contribution is 0.311. The minimum absolute atomic E-state index is 0.676. The Morgan fingerprint density at radius 1 is 1.33 bits per heavy atom. The minimum atomic E-state index is 0.676. The van der Waals surface area contributed by atoms with E-state index >= 15 is 0 Å². The summed E-state index contributed by atoms with van der Waals surface area (Å²) in [7, 11) is 1.80. The topological polar surface area (TPSA) is 33.3 Å². The molecule has 0 amide bonds. The molecule has 1 rings (SSSR count). The molecule has 0 fully saturated rings. The van der Waals surface area contributed by atoms with Crippen molar-refractivity contribution in [2.24, 2.45) is 0 Å². The molecule has 4 heteroatoms. The number of benzene rings is 1. The highest BCUT2D eigenvalue weighted by molar-refractivity contribution is 7.80. The molecule has 15 heavy (non-hydrogen) atoms. The van der Waals surface area contributed by atoms with Crippen molar-refractivity contribution < 1.29 is 4.74 Å². The quantitative estimate of drug-likeness (QED) is 0.587. The molecule has 0 unspecified atom stereocenters. The maximum Gasteiger partial charge on any atom is 0.166 e. The van der Waals surface area contributed by atoms with Gasteiger partial charge in [-0.15, -0.1) is 0 Å². The second-order valence-corrected chi connectivity index (χ2v) is 3.43. The third-order valence-electron chi connectivity index (χ3n) is 1.85. The maximum atomic E-state index is 5.52. The van der Waals surface area contributed by atoms with E-state index in [2.05, 4.69) is 10.6 Å². The molecule has 0 radical (unpaired) electrons. The first-order chi connectivity index (χ1) is 7.33. The highest BCUT2D eigenvalue weighted by Gasteiger charge is 1.93. The minimum Gasteiger partial charge on any atom is -0.494 e. The highest BCUT2D eigenvalue weighted by atomic mass is 32.1. The summed E-state index contributed by atoms with van der Waals surface area (Å²) in [5.41, 5.74) is 0. The van der Waals surface area contributed by atoms with Crippen molar-refractivity contribution in [2.75, 3.05) is 20.2 Å². The lowest BCUT2D eigenvalue weighted by Crippen LogP contribution is -2.33. The zero-order valence-corrected chi connectivity index (χ0v) is 9.64. The SMILES string of the molecule is CNC(=S)NCCCOc1ccccc1. The number of hydrogen-bond acceptors (Lipinski definition) is 2. The average molecular weight is 224 g/mol. The van der Waals surface area contributed by atoms with Crippen LogP contribution in [0.5, 0.6) is 5.75 Å². The van der Waals surface area contributed by atoms with E-state index in [-0.39, 0.29) is 0 Å². The smallest absolute Gasteiger partial charge is 0.166 e. The Balaban J connectivity index is 2.05. The molecule has 1 aromatic carbocycles. The Bertz CT molecular complexity index is 290. The van der Waals surface area contributed by atoms with Crippen LogP contribution in [0.1, 0.15) is 6.42 Å². The Hall–Kier alpha value is -1.29. The standard InChI is InChI=1S/C11H16N2OS/c1-12-11(15)13-8-5-9-14-10-6-3-2-4-7-10/h2-4,6-7H,5,8-9H2,1H3,(H2,12,13,15). The maximum absolute atomic E-state index is 5.52. The van der Waals surface area contributed by atoms with Crippen molar-refractivity contribution in [3.05, 3.63) is 30.3 Å². The Labute approximate surface area is 95.8 Å². The van der Waals surface area contributed by atoms with E-state index in [1.54, 1.807) is 7.05 Å². The fourth-order valence-electron chi connectivity index (χ4n) is 1.07. The van der Waals surface area contributed by atoms with E-state index in [1.807, 2.05) is 30.3 Å². The molecule has 0 aliphatic heterocycles. The van der Waals surface area contributed by atoms with E-state index in [0.29, 0.717) is 11.7 Å². The van der Waals surface area contributed by atoms with Crippen LogP contribution in [0, 0.1) is 0 Å². The number of para-hydroxylation sites is 1. The molecule has 0 heterocycles. The van der Waals surface area contributed by atoms with Gasteiger partial charge in [-0.3, -0.25) is 0 Å². The van der Waals surface area contributed by atoms with Gasteiger partial charge < -0.3 is 15.4 Å². The highest BCUT2D eigenvalue weighted by Crippen LogP contribution is 2.07. The third kappa shape index (κ3) is 5.22. The van der Waals surface area contributed by atoms with Crippen molar-refractivity contribution in [3.8, 4) is 5.75 Å². The summed E-state index contributed by atoms with van der Waals surface area (Å²) in [5, 5.41) is 6.59. The summed E-state index contributed by atoms with van der Waals surface area (Å²) in [6, 6.07) is 9.80. The van der Waals surface area contributed by atoms with E-state index in [0.717, 1.165) is 18.7 Å². The van der Waals surface area contributed by atoms with E-state index < -0.39 is 0 Å². The van der Waals surface area contributed by atoms with Crippen LogP contribution in [0.25, 0.3) is 0 Å². The fraction of sp³-hybridized carbons (Fsp3) is 0.364. The molecule has 0 saturated heterocycles. The van der Waals surface area contributed by atoms with Gasteiger partial charge in [0.2, 0.25) is 0 Å². The number of nitrogens with one attached hydrogen (secondary N) is 2. The van der Waals surface area contributed by atoms with Gasteiger partial charge in [0.1, 0.15) is 5.75 Å². The van der Waals surface area contributed by atoms with Gasteiger partial charge in [0, 0.05) is 13.6 Å². The summed E-state index contributed by atoms with van der Waals surface area (Å²) >= 11 is 4.94. The van der Waals surface area contributed by atoms with Gasteiger partial charge in [0.05, 0.1) is 6.61 Å². The predicted molar refractivity (Wildman–Crippen MR) is 66.2 cm³/mol. The summed E-state index contributed by atoms with van der Waals surface area (Å²) in [4.78, 5) is 0. The molecule has 0 aliphatic rings. The molecule has 0 spiro atoms. The zero-order chi connectivity index (χ0) is 10.9. The summed E-state index contributed by atoms with van der Waals surface area (Å²) in [6.07, 6.45) is 0.927. The first kappa shape index (κ1) is 11.8. The molecule has 0 bridgehead atoms. The lowest BCUT2D eigenvalue weighted by atomic mass is 10.3. The van der Waals surface area contributed by atoms with Gasteiger partial charge in [-0.05, 0) is 30.8 Å². The van der Waals surface area contributed by atoms with Crippen LogP contribution in [-0.4, -0.2) is 25.3 Å². The van der Waals surface area contributed by atoms with Crippen molar-refractivity contribution in [1.29, 1.82) is 0 Å². The first-order valence-corrected chi connectivity index (χ1v) is 5.37. The Morgan fingerprint density at radius 3 is 2.73 bits per heavy atom. The van der Waals surface area contributed by atoms with Gasteiger partial charge >= 0.3 is 0 Å². The number of thiocarbonyl (C=S) groups is 1. The van der Waals surface area contributed by atoms with Crippen molar-refractivity contribution >= 4 is 17.3 Å². The van der Waals surface area contributed by atoms with Crippen LogP contribution in [0.2, 0.25) is 0 Å². The molecule has 3 nitrogen and oxygen atoms in total. The second kappa shape index (κ2) is 7.06. The van der Waals surface area contributed by atoms with Gasteiger partial charge in [-0.1, -0.05) is 18.2 Å². The molecule has 0 aliphatic carbocycles. The average Bonchev–Trinajstić information content (AvgIpc) is 2.29. The monoisotopic (exact) mass is 224 g/mol. The molecular formula is C11H16N2OS. The zero-order valence-electron chi connectivity index (χ0n) is 8.82. The largest absolute Gasteiger partial charge is 0.494 e. The molecule has 0 atom stereocenters. The number of ether oxygens (including phenoxy) is 1. The fourth-order valence-corrected chi connectivity index (χ4v) is 1.17. The number of hydrogen-bond donors (Lipinski definition) is 2. The molecular weight excluding hydrogens is 208 g/mol. The van der Waals surface area contributed by atoms with Crippen LogP contribution < -0.4 is 15.4 Å². The molecule has 0 aromatic heterocycles. The predicted octanol–water partition coefficient (Wildman–Crippen LogP) is 1.55. The van der Waals surface area contributed by atoms with Crippen LogP contribution in [-0.2, 0) is 0 Å². The summed E-state index contributed by atoms with van der Waals surface area (Å²) < 4.78 is 5.52. The van der Waals surface area contributed by atoms with Crippen molar-refractivity contribution in [1.82, 2.24) is 10.6 Å². The molecule has 0 saturated carbocycles. The van der Waals surface area contributed by atoms with Crippen LogP contribution in [0.15, 0.2) is 30.3 Å². The second-order valence-electron chi connectivity index (χ2n) is 3.02. The molecule has 82 valence electrons. The van der Waals surface area contributed by atoms with E-state index in [1.165, 1.54) is 0 Å². The van der Waals surface area contributed by atoms with Gasteiger partial charge in [-0.25, -0.2) is 0 Å². The molecule has 2 N–H and O–H groups in total. The van der Waals surface area contributed by atoms with Crippen molar-refractivity contribution in [3.63, 3.8) is 0 Å². The van der Waals surface area contributed by atoms with Gasteiger partial charge in [-0.2, -0.15) is 0 Å². The van der Waals surface area contributed by atoms with Crippen LogP contribution >= 0.6 is 12.2 Å². The normalized spacial score (nSPS) is 9.40. The molecule has 1 aromatic rings. The van der Waals surface area contributed by atoms with Gasteiger partial charge in [0.25, 0.3) is 0 Å². The van der Waals surface area contributed by atoms with E-state index in [9.17, 15) is 0 Å². The Kier molecular flexibility index (Phi) is 5.55. The van der Waals surface area contributed by atoms with Crippen molar-refractivity contribution in [2.45, 2.75) is 6.42 Å². The third-order valence-corrected chi connectivity index (χ3v) is 2.19. The Morgan fingerprint density at radius 2 is 2.07 bits per heavy atom. The van der Waals surface area contributed by atoms with Crippen LogP contribution in [0.3, 0.4) is 0 Å². The number of rotatable bonds is 5. The lowest BCUT2D eigenvalue weighted by Gasteiger charge is -2.08. The van der Waals surface area contributed by atoms with Crippen LogP contribution in [0.4, 0.5) is 0 Å². The summed E-state index contributed by atoms with van der Waals surface area (Å²) in [6.45, 7) is 1.52. The first-order valence-electron chi connectivity index (χ1n) is 4.96. The summed E-state index contributed by atoms with van der Waals surface area (Å²) in [5.74, 6) is 0.911.